The van der Waals surface area contributed by atoms with E-state index in [0.29, 0.717) is 12.2 Å². The molecule has 0 fully saturated rings. The van der Waals surface area contributed by atoms with E-state index in [-0.39, 0.29) is 5.91 Å². The number of pyridine rings is 1. The SMILES string of the molecule is CCCNc1ccnc(C(=O)NCc2cn(C)nc2C)c1. The van der Waals surface area contributed by atoms with Crippen molar-refractivity contribution in [3.63, 3.8) is 0 Å². The van der Waals surface area contributed by atoms with Crippen LogP contribution in [-0.2, 0) is 13.6 Å². The zero-order valence-electron chi connectivity index (χ0n) is 12.7. The third kappa shape index (κ3) is 4.05. The van der Waals surface area contributed by atoms with Gasteiger partial charge in [-0.2, -0.15) is 5.10 Å². The molecule has 2 heterocycles. The van der Waals surface area contributed by atoms with Gasteiger partial charge in [0.15, 0.2) is 0 Å². The molecule has 0 spiro atoms. The highest BCUT2D eigenvalue weighted by molar-refractivity contribution is 5.93. The molecule has 0 unspecified atom stereocenters. The van der Waals surface area contributed by atoms with Gasteiger partial charge in [0.1, 0.15) is 5.69 Å². The molecule has 0 saturated heterocycles. The Morgan fingerprint density at radius 3 is 2.90 bits per heavy atom. The van der Waals surface area contributed by atoms with E-state index >= 15 is 0 Å². The summed E-state index contributed by atoms with van der Waals surface area (Å²) in [6.07, 6.45) is 4.58. The molecular weight excluding hydrogens is 266 g/mol. The van der Waals surface area contributed by atoms with Crippen molar-refractivity contribution in [3.05, 3.63) is 41.5 Å². The lowest BCUT2D eigenvalue weighted by Crippen LogP contribution is -2.24. The predicted octanol–water partition coefficient (Wildman–Crippen LogP) is 1.88. The fraction of sp³-hybridized carbons (Fsp3) is 0.400. The van der Waals surface area contributed by atoms with Crippen molar-refractivity contribution in [2.45, 2.75) is 26.8 Å². The van der Waals surface area contributed by atoms with Crippen molar-refractivity contribution < 1.29 is 4.79 Å². The number of anilines is 1. The predicted molar refractivity (Wildman–Crippen MR) is 82.1 cm³/mol. The molecule has 6 nitrogen and oxygen atoms in total. The van der Waals surface area contributed by atoms with Gasteiger partial charge < -0.3 is 10.6 Å². The maximum Gasteiger partial charge on any atom is 0.270 e. The molecule has 2 N–H and O–H groups in total. The summed E-state index contributed by atoms with van der Waals surface area (Å²) in [5.41, 5.74) is 3.25. The highest BCUT2D eigenvalue weighted by Crippen LogP contribution is 2.09. The van der Waals surface area contributed by atoms with Crippen LogP contribution in [0.15, 0.2) is 24.5 Å². The van der Waals surface area contributed by atoms with Gasteiger partial charge in [-0.25, -0.2) is 0 Å². The molecule has 1 amide bonds. The molecule has 0 aromatic carbocycles. The number of nitrogens with zero attached hydrogens (tertiary/aromatic N) is 3. The van der Waals surface area contributed by atoms with Crippen molar-refractivity contribution in [2.24, 2.45) is 7.05 Å². The van der Waals surface area contributed by atoms with Gasteiger partial charge in [0.05, 0.1) is 5.69 Å². The van der Waals surface area contributed by atoms with Gasteiger partial charge in [-0.3, -0.25) is 14.5 Å². The summed E-state index contributed by atoms with van der Waals surface area (Å²) in [5, 5.41) is 10.4. The van der Waals surface area contributed by atoms with E-state index in [2.05, 4.69) is 27.6 Å². The summed E-state index contributed by atoms with van der Waals surface area (Å²) in [7, 11) is 1.86. The Hall–Kier alpha value is -2.37. The lowest BCUT2D eigenvalue weighted by molar-refractivity contribution is 0.0946. The first-order valence-electron chi connectivity index (χ1n) is 7.07. The van der Waals surface area contributed by atoms with Gasteiger partial charge in [0.25, 0.3) is 5.91 Å². The van der Waals surface area contributed by atoms with Crippen LogP contribution in [0.3, 0.4) is 0 Å². The van der Waals surface area contributed by atoms with Gasteiger partial charge in [-0.15, -0.1) is 0 Å². The molecule has 0 aliphatic carbocycles. The number of hydrogen-bond acceptors (Lipinski definition) is 4. The third-order valence-electron chi connectivity index (χ3n) is 3.13. The summed E-state index contributed by atoms with van der Waals surface area (Å²) >= 11 is 0. The van der Waals surface area contributed by atoms with Crippen LogP contribution in [0.1, 0.15) is 35.1 Å². The van der Waals surface area contributed by atoms with E-state index in [1.54, 1.807) is 16.9 Å². The Morgan fingerprint density at radius 2 is 2.24 bits per heavy atom. The second-order valence-electron chi connectivity index (χ2n) is 4.95. The molecule has 2 aromatic rings. The Labute approximate surface area is 124 Å². The average Bonchev–Trinajstić information content (AvgIpc) is 2.81. The summed E-state index contributed by atoms with van der Waals surface area (Å²) in [6.45, 7) is 5.35. The summed E-state index contributed by atoms with van der Waals surface area (Å²) in [4.78, 5) is 16.2. The fourth-order valence-electron chi connectivity index (χ4n) is 2.02. The lowest BCUT2D eigenvalue weighted by Gasteiger charge is -2.07. The Morgan fingerprint density at radius 1 is 1.43 bits per heavy atom. The first-order chi connectivity index (χ1) is 10.1. The second kappa shape index (κ2) is 6.88. The summed E-state index contributed by atoms with van der Waals surface area (Å²) < 4.78 is 1.74. The van der Waals surface area contributed by atoms with Crippen molar-refractivity contribution in [3.8, 4) is 0 Å². The fourth-order valence-corrected chi connectivity index (χ4v) is 2.02. The van der Waals surface area contributed by atoms with E-state index in [1.165, 1.54) is 0 Å². The minimum atomic E-state index is -0.182. The van der Waals surface area contributed by atoms with Gasteiger partial charge >= 0.3 is 0 Å². The van der Waals surface area contributed by atoms with Crippen LogP contribution >= 0.6 is 0 Å². The highest BCUT2D eigenvalue weighted by Gasteiger charge is 2.09. The second-order valence-corrected chi connectivity index (χ2v) is 4.95. The molecule has 112 valence electrons. The number of aromatic nitrogens is 3. The molecule has 0 radical (unpaired) electrons. The standard InChI is InChI=1S/C15H21N5O/c1-4-6-16-13-5-7-17-14(8-13)15(21)18-9-12-10-20(3)19-11(12)2/h5,7-8,10H,4,6,9H2,1-3H3,(H,16,17)(H,18,21). The quantitative estimate of drug-likeness (QED) is 0.851. The number of nitrogens with one attached hydrogen (secondary N) is 2. The molecule has 0 atom stereocenters. The number of carbonyl (C=O) groups excluding carboxylic acids is 1. The maximum atomic E-state index is 12.1. The minimum Gasteiger partial charge on any atom is -0.385 e. The molecule has 2 aromatic heterocycles. The van der Waals surface area contributed by atoms with E-state index in [9.17, 15) is 4.79 Å². The number of carbonyl (C=O) groups is 1. The van der Waals surface area contributed by atoms with E-state index < -0.39 is 0 Å². The van der Waals surface area contributed by atoms with Crippen LogP contribution in [-0.4, -0.2) is 27.2 Å². The Kier molecular flexibility index (Phi) is 4.92. The first kappa shape index (κ1) is 15.0. The zero-order chi connectivity index (χ0) is 15.2. The van der Waals surface area contributed by atoms with Gasteiger partial charge in [0.2, 0.25) is 0 Å². The van der Waals surface area contributed by atoms with Crippen LogP contribution < -0.4 is 10.6 Å². The largest absolute Gasteiger partial charge is 0.385 e. The maximum absolute atomic E-state index is 12.1. The van der Waals surface area contributed by atoms with E-state index in [0.717, 1.165) is 29.9 Å². The van der Waals surface area contributed by atoms with E-state index in [4.69, 9.17) is 0 Å². The first-order valence-corrected chi connectivity index (χ1v) is 7.07. The smallest absolute Gasteiger partial charge is 0.270 e. The van der Waals surface area contributed by atoms with Crippen LogP contribution in [0, 0.1) is 6.92 Å². The number of hydrogen-bond donors (Lipinski definition) is 2. The van der Waals surface area contributed by atoms with Gasteiger partial charge in [-0.05, 0) is 25.5 Å². The molecule has 21 heavy (non-hydrogen) atoms. The molecule has 2 rings (SSSR count). The van der Waals surface area contributed by atoms with Crippen molar-refractivity contribution in [1.29, 1.82) is 0 Å². The monoisotopic (exact) mass is 287 g/mol. The molecule has 0 bridgehead atoms. The highest BCUT2D eigenvalue weighted by atomic mass is 16.1. The summed E-state index contributed by atoms with van der Waals surface area (Å²) in [5.74, 6) is -0.182. The van der Waals surface area contributed by atoms with E-state index in [1.807, 2.05) is 26.2 Å². The summed E-state index contributed by atoms with van der Waals surface area (Å²) in [6, 6.07) is 3.62. The topological polar surface area (TPSA) is 71.8 Å². The molecular formula is C15H21N5O. The number of amides is 1. The van der Waals surface area contributed by atoms with Crippen molar-refractivity contribution in [1.82, 2.24) is 20.1 Å². The number of aryl methyl sites for hydroxylation is 2. The zero-order valence-corrected chi connectivity index (χ0v) is 12.7. The lowest BCUT2D eigenvalue weighted by atomic mass is 10.2. The van der Waals surface area contributed by atoms with Crippen LogP contribution in [0.4, 0.5) is 5.69 Å². The van der Waals surface area contributed by atoms with Crippen LogP contribution in [0.5, 0.6) is 0 Å². The number of rotatable bonds is 6. The van der Waals surface area contributed by atoms with Gasteiger partial charge in [0, 0.05) is 43.8 Å². The van der Waals surface area contributed by atoms with Crippen molar-refractivity contribution >= 4 is 11.6 Å². The van der Waals surface area contributed by atoms with Crippen LogP contribution in [0.25, 0.3) is 0 Å². The minimum absolute atomic E-state index is 0.182. The molecule has 0 aliphatic heterocycles. The molecule has 0 saturated carbocycles. The Bertz CT molecular complexity index is 620. The average molecular weight is 287 g/mol. The third-order valence-corrected chi connectivity index (χ3v) is 3.13. The van der Waals surface area contributed by atoms with Crippen LogP contribution in [0.2, 0.25) is 0 Å². The Balaban J connectivity index is 1.98. The normalized spacial score (nSPS) is 10.4. The molecule has 0 aliphatic rings. The molecule has 6 heteroatoms. The van der Waals surface area contributed by atoms with Crippen molar-refractivity contribution in [2.75, 3.05) is 11.9 Å². The van der Waals surface area contributed by atoms with Gasteiger partial charge in [-0.1, -0.05) is 6.92 Å².